The van der Waals surface area contributed by atoms with Crippen molar-refractivity contribution in [2.45, 2.75) is 19.9 Å². The molecule has 0 unspecified atom stereocenters. The molecule has 8 heteroatoms. The summed E-state index contributed by atoms with van der Waals surface area (Å²) < 4.78 is 5.94. The molecule has 0 atom stereocenters. The topological polar surface area (TPSA) is 82.4 Å². The van der Waals surface area contributed by atoms with E-state index in [1.54, 1.807) is 17.9 Å². The van der Waals surface area contributed by atoms with Gasteiger partial charge in [-0.15, -0.1) is 11.3 Å². The van der Waals surface area contributed by atoms with Crippen LogP contribution in [0.25, 0.3) is 6.08 Å². The summed E-state index contributed by atoms with van der Waals surface area (Å²) in [7, 11) is 0. The van der Waals surface area contributed by atoms with Gasteiger partial charge in [-0.3, -0.25) is 4.79 Å². The van der Waals surface area contributed by atoms with Crippen LogP contribution in [0.15, 0.2) is 34.8 Å². The predicted octanol–water partition coefficient (Wildman–Crippen LogP) is 4.55. The van der Waals surface area contributed by atoms with Gasteiger partial charge in [0.25, 0.3) is 0 Å². The van der Waals surface area contributed by atoms with Gasteiger partial charge in [-0.05, 0) is 36.6 Å². The van der Waals surface area contributed by atoms with Crippen LogP contribution in [-0.4, -0.2) is 30.1 Å². The van der Waals surface area contributed by atoms with Crippen LogP contribution >= 0.6 is 27.3 Å². The van der Waals surface area contributed by atoms with Crippen molar-refractivity contribution in [2.75, 3.05) is 18.5 Å². The number of nitrogens with zero attached hydrogens (tertiary/aromatic N) is 2. The van der Waals surface area contributed by atoms with Gasteiger partial charge in [-0.2, -0.15) is 5.26 Å². The number of ether oxygens (including phenoxy) is 1. The average Bonchev–Trinajstić information content (AvgIpc) is 3.03. The first-order valence-electron chi connectivity index (χ1n) is 8.73. The van der Waals surface area contributed by atoms with Gasteiger partial charge in [-0.1, -0.05) is 34.1 Å². The Bertz CT molecular complexity index is 978. The van der Waals surface area contributed by atoms with Gasteiger partial charge >= 0.3 is 6.09 Å². The minimum atomic E-state index is -0.359. The minimum absolute atomic E-state index is 0.312. The summed E-state index contributed by atoms with van der Waals surface area (Å²) in [5.74, 6) is -0.312. The number of carbonyl (C=O) groups excluding carboxylic acids is 2. The van der Waals surface area contributed by atoms with Crippen molar-refractivity contribution >= 4 is 50.3 Å². The van der Waals surface area contributed by atoms with Crippen LogP contribution in [0.5, 0.6) is 0 Å². The average molecular weight is 460 g/mol. The lowest BCUT2D eigenvalue weighted by Gasteiger charge is -2.25. The Morgan fingerprint density at radius 2 is 2.21 bits per heavy atom. The molecule has 1 N–H and O–H groups in total. The number of hydrogen-bond donors (Lipinski definition) is 1. The maximum Gasteiger partial charge on any atom is 0.410 e. The lowest BCUT2D eigenvalue weighted by Crippen LogP contribution is -2.35. The Kier molecular flexibility index (Phi) is 6.49. The molecule has 0 saturated heterocycles. The fourth-order valence-corrected chi connectivity index (χ4v) is 4.54. The second-order valence-electron chi connectivity index (χ2n) is 6.03. The number of hydrogen-bond acceptors (Lipinski definition) is 5. The Hall–Kier alpha value is -2.63. The third kappa shape index (κ3) is 4.43. The number of amides is 2. The highest BCUT2D eigenvalue weighted by Gasteiger charge is 2.27. The number of fused-ring (bicyclic) bond motifs is 1. The maximum atomic E-state index is 12.3. The van der Waals surface area contributed by atoms with Crippen molar-refractivity contribution < 1.29 is 14.3 Å². The van der Waals surface area contributed by atoms with E-state index in [9.17, 15) is 14.9 Å². The molecule has 1 aliphatic rings. The number of benzene rings is 1. The van der Waals surface area contributed by atoms with Crippen molar-refractivity contribution in [1.29, 1.82) is 5.26 Å². The Balaban J connectivity index is 1.75. The molecule has 0 aliphatic carbocycles. The van der Waals surface area contributed by atoms with Crippen molar-refractivity contribution in [3.05, 3.63) is 56.4 Å². The smallest absolute Gasteiger partial charge is 0.410 e. The van der Waals surface area contributed by atoms with E-state index in [4.69, 9.17) is 4.74 Å². The third-order valence-electron chi connectivity index (χ3n) is 4.25. The number of nitrogens with one attached hydrogen (secondary N) is 1. The second-order valence-corrected chi connectivity index (χ2v) is 7.99. The molecule has 2 aromatic rings. The summed E-state index contributed by atoms with van der Waals surface area (Å²) in [5, 5.41) is 12.9. The summed E-state index contributed by atoms with van der Waals surface area (Å²) in [5.41, 5.74) is 2.26. The third-order valence-corrected chi connectivity index (χ3v) is 6.11. The number of nitriles is 1. The zero-order valence-corrected chi connectivity index (χ0v) is 17.6. The molecular formula is C20H18BrN3O3S. The lowest BCUT2D eigenvalue weighted by atomic mass is 10.0. The lowest BCUT2D eigenvalue weighted by molar-refractivity contribution is -0.111. The van der Waals surface area contributed by atoms with Crippen LogP contribution in [0.4, 0.5) is 9.80 Å². The standard InChI is InChI=1S/C20H18BrN3O3S/c1-2-27-20(26)24-10-9-14-15(11-22)19(28-17(14)12-24)23-18(25)8-7-13-5-3-4-6-16(13)21/h3-8H,2,9-10,12H2,1H3,(H,23,25)/b8-7+. The van der Waals surface area contributed by atoms with Crippen molar-refractivity contribution in [3.63, 3.8) is 0 Å². The monoisotopic (exact) mass is 459 g/mol. The van der Waals surface area contributed by atoms with Crippen LogP contribution < -0.4 is 5.32 Å². The maximum absolute atomic E-state index is 12.3. The van der Waals surface area contributed by atoms with Crippen molar-refractivity contribution in [2.24, 2.45) is 0 Å². The molecule has 1 aliphatic heterocycles. The van der Waals surface area contributed by atoms with Gasteiger partial charge in [0.1, 0.15) is 11.1 Å². The highest BCUT2D eigenvalue weighted by Crippen LogP contribution is 2.36. The summed E-state index contributed by atoms with van der Waals surface area (Å²) in [4.78, 5) is 26.8. The van der Waals surface area contributed by atoms with E-state index < -0.39 is 0 Å². The van der Waals surface area contributed by atoms with Gasteiger partial charge < -0.3 is 15.0 Å². The molecule has 0 spiro atoms. The predicted molar refractivity (Wildman–Crippen MR) is 112 cm³/mol. The fraction of sp³-hybridized carbons (Fsp3) is 0.250. The highest BCUT2D eigenvalue weighted by molar-refractivity contribution is 9.10. The molecule has 0 fully saturated rings. The second kappa shape index (κ2) is 9.04. The first-order chi connectivity index (χ1) is 13.5. The molecular weight excluding hydrogens is 442 g/mol. The Labute approximate surface area is 175 Å². The molecule has 2 heterocycles. The number of thiophene rings is 1. The molecule has 1 aromatic heterocycles. The van der Waals surface area contributed by atoms with Crippen molar-refractivity contribution in [1.82, 2.24) is 4.90 Å². The highest BCUT2D eigenvalue weighted by atomic mass is 79.9. The largest absolute Gasteiger partial charge is 0.450 e. The van der Waals surface area contributed by atoms with Crippen LogP contribution in [0.1, 0.15) is 28.5 Å². The molecule has 28 heavy (non-hydrogen) atoms. The van der Waals surface area contributed by atoms with Crippen LogP contribution in [0.3, 0.4) is 0 Å². The van der Waals surface area contributed by atoms with Gasteiger partial charge in [0.2, 0.25) is 5.91 Å². The summed E-state index contributed by atoms with van der Waals surface area (Å²) in [6, 6.07) is 9.77. The molecule has 6 nitrogen and oxygen atoms in total. The fourth-order valence-electron chi connectivity index (χ4n) is 2.91. The van der Waals surface area contributed by atoms with Crippen LogP contribution in [-0.2, 0) is 22.5 Å². The van der Waals surface area contributed by atoms with Crippen LogP contribution in [0, 0.1) is 11.3 Å². The Morgan fingerprint density at radius 3 is 2.93 bits per heavy atom. The van der Waals surface area contributed by atoms with E-state index in [2.05, 4.69) is 27.3 Å². The summed E-state index contributed by atoms with van der Waals surface area (Å²) in [6.45, 7) is 2.96. The van der Waals surface area contributed by atoms with E-state index in [0.29, 0.717) is 36.7 Å². The number of rotatable bonds is 4. The van der Waals surface area contributed by atoms with Gasteiger partial charge in [-0.25, -0.2) is 4.79 Å². The first kappa shape index (κ1) is 20.1. The zero-order valence-electron chi connectivity index (χ0n) is 15.2. The van der Waals surface area contributed by atoms with Gasteiger partial charge in [0.05, 0.1) is 18.7 Å². The number of carbonyl (C=O) groups is 2. The SMILES string of the molecule is CCOC(=O)N1CCc2c(sc(NC(=O)/C=C/c3ccccc3Br)c2C#N)C1. The Morgan fingerprint density at radius 1 is 1.43 bits per heavy atom. The van der Waals surface area contributed by atoms with Gasteiger partial charge in [0.15, 0.2) is 0 Å². The van der Waals surface area contributed by atoms with E-state index in [1.165, 1.54) is 17.4 Å². The molecule has 144 valence electrons. The minimum Gasteiger partial charge on any atom is -0.450 e. The summed E-state index contributed by atoms with van der Waals surface area (Å²) in [6.07, 6.45) is 3.35. The normalized spacial score (nSPS) is 13.1. The van der Waals surface area contributed by atoms with Crippen LogP contribution in [0.2, 0.25) is 0 Å². The molecule has 0 bridgehead atoms. The molecule has 3 rings (SSSR count). The molecule has 1 aromatic carbocycles. The van der Waals surface area contributed by atoms with E-state index >= 15 is 0 Å². The quantitative estimate of drug-likeness (QED) is 0.679. The molecule has 0 radical (unpaired) electrons. The van der Waals surface area contributed by atoms with Crippen molar-refractivity contribution in [3.8, 4) is 6.07 Å². The number of halogens is 1. The summed E-state index contributed by atoms with van der Waals surface area (Å²) >= 11 is 4.77. The van der Waals surface area contributed by atoms with E-state index in [-0.39, 0.29) is 12.0 Å². The van der Waals surface area contributed by atoms with E-state index in [0.717, 1.165) is 20.5 Å². The zero-order chi connectivity index (χ0) is 20.1. The number of anilines is 1. The van der Waals surface area contributed by atoms with Gasteiger partial charge in [0, 0.05) is 22.0 Å². The van der Waals surface area contributed by atoms with E-state index in [1.807, 2.05) is 24.3 Å². The molecule has 0 saturated carbocycles. The first-order valence-corrected chi connectivity index (χ1v) is 10.3. The molecule has 2 amide bonds.